The van der Waals surface area contributed by atoms with E-state index in [1.165, 1.54) is 0 Å². The van der Waals surface area contributed by atoms with Gasteiger partial charge in [0.15, 0.2) is 0 Å². The van der Waals surface area contributed by atoms with Crippen LogP contribution in [-0.4, -0.2) is 11.7 Å². The van der Waals surface area contributed by atoms with E-state index in [4.69, 9.17) is 39.9 Å². The SMILES string of the molecule is OCC=Cc1cc(Cl)cc(Cl)c1Cl. The van der Waals surface area contributed by atoms with E-state index >= 15 is 0 Å². The molecule has 0 unspecified atom stereocenters. The highest BCUT2D eigenvalue weighted by Gasteiger charge is 2.03. The molecule has 0 aromatic heterocycles. The van der Waals surface area contributed by atoms with E-state index in [2.05, 4.69) is 0 Å². The fraction of sp³-hybridized carbons (Fsp3) is 0.111. The zero-order chi connectivity index (χ0) is 9.84. The van der Waals surface area contributed by atoms with Gasteiger partial charge in [-0.25, -0.2) is 0 Å². The van der Waals surface area contributed by atoms with Crippen molar-refractivity contribution in [2.24, 2.45) is 0 Å². The maximum Gasteiger partial charge on any atom is 0.0665 e. The quantitative estimate of drug-likeness (QED) is 0.779. The first-order valence-electron chi connectivity index (χ1n) is 3.57. The summed E-state index contributed by atoms with van der Waals surface area (Å²) in [6, 6.07) is 3.25. The summed E-state index contributed by atoms with van der Waals surface area (Å²) in [5, 5.41) is 9.93. The Labute approximate surface area is 91.5 Å². The Hall–Kier alpha value is -0.210. The van der Waals surface area contributed by atoms with Gasteiger partial charge < -0.3 is 5.11 Å². The molecule has 0 atom stereocenters. The summed E-state index contributed by atoms with van der Waals surface area (Å²) in [6.07, 6.45) is 3.23. The summed E-state index contributed by atoms with van der Waals surface area (Å²) in [6.45, 7) is -0.0412. The van der Waals surface area contributed by atoms with Gasteiger partial charge in [-0.2, -0.15) is 0 Å². The highest BCUT2D eigenvalue weighted by Crippen LogP contribution is 2.30. The lowest BCUT2D eigenvalue weighted by molar-refractivity contribution is 0.343. The number of hydrogen-bond donors (Lipinski definition) is 1. The fourth-order valence-corrected chi connectivity index (χ4v) is 1.56. The minimum absolute atomic E-state index is 0.0412. The van der Waals surface area contributed by atoms with Gasteiger partial charge in [-0.3, -0.25) is 0 Å². The first-order valence-corrected chi connectivity index (χ1v) is 4.70. The molecule has 0 aliphatic carbocycles. The third-order valence-electron chi connectivity index (χ3n) is 1.42. The van der Waals surface area contributed by atoms with Gasteiger partial charge in [0.25, 0.3) is 0 Å². The highest BCUT2D eigenvalue weighted by atomic mass is 35.5. The predicted octanol–water partition coefficient (Wildman–Crippen LogP) is 3.65. The summed E-state index contributed by atoms with van der Waals surface area (Å²) < 4.78 is 0. The number of benzene rings is 1. The Morgan fingerprint density at radius 1 is 1.23 bits per heavy atom. The second-order valence-corrected chi connectivity index (χ2v) is 3.60. The number of halogens is 3. The van der Waals surface area contributed by atoms with Gasteiger partial charge in [0.05, 0.1) is 16.7 Å². The molecule has 0 fully saturated rings. The summed E-state index contributed by atoms with van der Waals surface area (Å²) in [5.74, 6) is 0. The molecule has 0 spiro atoms. The predicted molar refractivity (Wildman–Crippen MR) is 57.6 cm³/mol. The van der Waals surface area contributed by atoms with Crippen LogP contribution in [0, 0.1) is 0 Å². The molecule has 1 rings (SSSR count). The normalized spacial score (nSPS) is 11.1. The molecule has 0 radical (unpaired) electrons. The molecule has 0 saturated heterocycles. The second-order valence-electron chi connectivity index (χ2n) is 2.38. The van der Waals surface area contributed by atoms with Crippen molar-refractivity contribution < 1.29 is 5.11 Å². The lowest BCUT2D eigenvalue weighted by Crippen LogP contribution is -1.79. The van der Waals surface area contributed by atoms with Crippen molar-refractivity contribution in [2.45, 2.75) is 0 Å². The number of hydrogen-bond acceptors (Lipinski definition) is 1. The highest BCUT2D eigenvalue weighted by molar-refractivity contribution is 6.44. The molecular formula is C9H7Cl3O. The average molecular weight is 238 g/mol. The summed E-state index contributed by atoms with van der Waals surface area (Å²) in [4.78, 5) is 0. The standard InChI is InChI=1S/C9H7Cl3O/c10-7-4-6(2-1-3-13)9(12)8(11)5-7/h1-2,4-5,13H,3H2. The van der Waals surface area contributed by atoms with Crippen LogP contribution in [0.1, 0.15) is 5.56 Å². The fourth-order valence-electron chi connectivity index (χ4n) is 0.877. The van der Waals surface area contributed by atoms with Crippen molar-refractivity contribution >= 4 is 40.9 Å². The molecule has 1 aromatic rings. The molecule has 0 heterocycles. The van der Waals surface area contributed by atoms with E-state index in [0.717, 1.165) is 0 Å². The van der Waals surface area contributed by atoms with Crippen LogP contribution >= 0.6 is 34.8 Å². The smallest absolute Gasteiger partial charge is 0.0665 e. The summed E-state index contributed by atoms with van der Waals surface area (Å²) in [5.41, 5.74) is 0.702. The molecule has 0 amide bonds. The van der Waals surface area contributed by atoms with Crippen molar-refractivity contribution in [2.75, 3.05) is 6.61 Å². The third-order valence-corrected chi connectivity index (χ3v) is 2.46. The lowest BCUT2D eigenvalue weighted by atomic mass is 10.2. The Bertz CT molecular complexity index is 334. The minimum Gasteiger partial charge on any atom is -0.392 e. The maximum absolute atomic E-state index is 8.56. The van der Waals surface area contributed by atoms with Gasteiger partial charge >= 0.3 is 0 Å². The van der Waals surface area contributed by atoms with E-state index in [-0.39, 0.29) is 6.61 Å². The summed E-state index contributed by atoms with van der Waals surface area (Å²) >= 11 is 17.4. The van der Waals surface area contributed by atoms with Crippen LogP contribution in [-0.2, 0) is 0 Å². The molecule has 0 aliphatic heterocycles. The van der Waals surface area contributed by atoms with Crippen molar-refractivity contribution in [3.8, 4) is 0 Å². The van der Waals surface area contributed by atoms with Gasteiger partial charge in [-0.05, 0) is 17.7 Å². The van der Waals surface area contributed by atoms with Gasteiger partial charge in [-0.1, -0.05) is 47.0 Å². The molecule has 1 N–H and O–H groups in total. The van der Waals surface area contributed by atoms with Crippen molar-refractivity contribution in [3.63, 3.8) is 0 Å². The largest absolute Gasteiger partial charge is 0.392 e. The van der Waals surface area contributed by atoms with Crippen molar-refractivity contribution in [1.82, 2.24) is 0 Å². The third kappa shape index (κ3) is 2.89. The van der Waals surface area contributed by atoms with E-state index in [0.29, 0.717) is 20.6 Å². The molecule has 0 bridgehead atoms. The van der Waals surface area contributed by atoms with Crippen LogP contribution < -0.4 is 0 Å². The van der Waals surface area contributed by atoms with Gasteiger partial charge in [0.1, 0.15) is 0 Å². The zero-order valence-corrected chi connectivity index (χ0v) is 8.87. The Morgan fingerprint density at radius 3 is 2.54 bits per heavy atom. The molecule has 0 saturated carbocycles. The molecule has 70 valence electrons. The number of rotatable bonds is 2. The van der Waals surface area contributed by atoms with Crippen LogP contribution in [0.25, 0.3) is 6.08 Å². The minimum atomic E-state index is -0.0412. The van der Waals surface area contributed by atoms with Crippen LogP contribution in [0.2, 0.25) is 15.1 Å². The van der Waals surface area contributed by atoms with Gasteiger partial charge in [0.2, 0.25) is 0 Å². The molecule has 4 heteroatoms. The van der Waals surface area contributed by atoms with E-state index in [1.54, 1.807) is 24.3 Å². The molecule has 1 aromatic carbocycles. The van der Waals surface area contributed by atoms with Crippen LogP contribution in [0.3, 0.4) is 0 Å². The molecule has 0 aliphatic rings. The lowest BCUT2D eigenvalue weighted by Gasteiger charge is -2.01. The van der Waals surface area contributed by atoms with E-state index in [9.17, 15) is 0 Å². The first-order chi connectivity index (χ1) is 6.15. The Balaban J connectivity index is 3.12. The van der Waals surface area contributed by atoms with Crippen molar-refractivity contribution in [3.05, 3.63) is 38.8 Å². The van der Waals surface area contributed by atoms with E-state index < -0.39 is 0 Å². The topological polar surface area (TPSA) is 20.2 Å². The number of aliphatic hydroxyl groups excluding tert-OH is 1. The molecule has 1 nitrogen and oxygen atoms in total. The molecular weight excluding hydrogens is 230 g/mol. The van der Waals surface area contributed by atoms with Crippen LogP contribution in [0.15, 0.2) is 18.2 Å². The Kier molecular flexibility index (Phi) is 4.07. The Morgan fingerprint density at radius 2 is 1.92 bits per heavy atom. The van der Waals surface area contributed by atoms with E-state index in [1.807, 2.05) is 0 Å². The maximum atomic E-state index is 8.56. The first kappa shape index (κ1) is 10.9. The van der Waals surface area contributed by atoms with Gasteiger partial charge in [-0.15, -0.1) is 0 Å². The van der Waals surface area contributed by atoms with Crippen LogP contribution in [0.4, 0.5) is 0 Å². The van der Waals surface area contributed by atoms with Gasteiger partial charge in [0, 0.05) is 5.02 Å². The average Bonchev–Trinajstić information content (AvgIpc) is 2.09. The number of aliphatic hydroxyl groups is 1. The second kappa shape index (κ2) is 4.87. The monoisotopic (exact) mass is 236 g/mol. The molecule has 13 heavy (non-hydrogen) atoms. The summed E-state index contributed by atoms with van der Waals surface area (Å²) in [7, 11) is 0. The van der Waals surface area contributed by atoms with Crippen LogP contribution in [0.5, 0.6) is 0 Å². The van der Waals surface area contributed by atoms with Crippen molar-refractivity contribution in [1.29, 1.82) is 0 Å². The zero-order valence-electron chi connectivity index (χ0n) is 6.60.